The van der Waals surface area contributed by atoms with Crippen LogP contribution in [0.4, 0.5) is 19.2 Å². The largest absolute Gasteiger partial charge is 0.454 e. The third kappa shape index (κ3) is 20.8. The molecular formula is C39H60BCl3N4O10. The van der Waals surface area contributed by atoms with E-state index in [1.165, 1.54) is 12.3 Å². The van der Waals surface area contributed by atoms with E-state index in [2.05, 4.69) is 9.97 Å². The number of carbonyl (C=O) groups is 4. The highest BCUT2D eigenvalue weighted by molar-refractivity contribution is 6.44. The normalized spacial score (nSPS) is 13.9. The van der Waals surface area contributed by atoms with Gasteiger partial charge in [0.05, 0.1) is 23.1 Å². The molecule has 0 aliphatic heterocycles. The number of amides is 4. The molecule has 0 radical (unpaired) electrons. The van der Waals surface area contributed by atoms with Crippen molar-refractivity contribution in [2.24, 2.45) is 0 Å². The minimum Gasteiger partial charge on any atom is -0.443 e. The molecule has 2 N–H and O–H groups in total. The van der Waals surface area contributed by atoms with Gasteiger partial charge in [0.2, 0.25) is 0 Å². The van der Waals surface area contributed by atoms with Crippen LogP contribution in [0, 0.1) is 0 Å². The second kappa shape index (κ2) is 21.1. The lowest BCUT2D eigenvalue weighted by Gasteiger charge is -2.29. The monoisotopic (exact) mass is 860 g/mol. The molecule has 320 valence electrons. The summed E-state index contributed by atoms with van der Waals surface area (Å²) >= 11 is 18.0. The maximum atomic E-state index is 12.6. The molecule has 0 unspecified atom stereocenters. The summed E-state index contributed by atoms with van der Waals surface area (Å²) in [6, 6.07) is 3.27. The number of rotatable bonds is 6. The number of hydrogen-bond acceptors (Lipinski definition) is 12. The van der Waals surface area contributed by atoms with Gasteiger partial charge in [0.25, 0.3) is 0 Å². The Hall–Kier alpha value is -3.37. The lowest BCUT2D eigenvalue weighted by molar-refractivity contribution is -0.00237. The fourth-order valence-corrected chi connectivity index (χ4v) is 4.85. The zero-order valence-electron chi connectivity index (χ0n) is 34.4. The van der Waals surface area contributed by atoms with Gasteiger partial charge in [0, 0.05) is 29.6 Å². The second-order valence-corrected chi connectivity index (χ2v) is 18.7. The van der Waals surface area contributed by atoms with Gasteiger partial charge in [-0.25, -0.2) is 34.0 Å². The van der Waals surface area contributed by atoms with Crippen molar-refractivity contribution < 1.29 is 48.2 Å². The number of ether oxygens (including phenoxy) is 4. The molecule has 0 saturated heterocycles. The zero-order valence-corrected chi connectivity index (χ0v) is 36.6. The van der Waals surface area contributed by atoms with Crippen LogP contribution < -0.4 is 0 Å². The number of imide groups is 2. The zero-order chi connectivity index (χ0) is 43.0. The number of pyridine rings is 2. The number of carbonyl (C=O) groups excluding carboxylic acids is 4. The molecule has 0 bridgehead atoms. The summed E-state index contributed by atoms with van der Waals surface area (Å²) in [5, 5.41) is 17.4. The van der Waals surface area contributed by atoms with Gasteiger partial charge in [-0.1, -0.05) is 55.1 Å². The highest BCUT2D eigenvalue weighted by atomic mass is 35.5. The van der Waals surface area contributed by atoms with Crippen molar-refractivity contribution in [2.75, 3.05) is 0 Å². The molecular weight excluding hydrogens is 802 g/mol. The average molecular weight is 862 g/mol. The highest BCUT2D eigenvalue weighted by Gasteiger charge is 2.35. The minimum atomic E-state index is -1.04. The van der Waals surface area contributed by atoms with Crippen LogP contribution in [0.15, 0.2) is 24.5 Å². The van der Waals surface area contributed by atoms with Gasteiger partial charge in [-0.3, -0.25) is 4.98 Å². The maximum Gasteiger partial charge on any atom is 0.454 e. The quantitative estimate of drug-likeness (QED) is 0.160. The standard InChI is InChI=1S/C19H27ClN2O4.C16H22Cl2N2O4.C3H7BO2.CH4/c1-18(2,3)25-16(23)22(17(24)26-19(4,5)6)11-13-9-14(20)10-21-15(13)12-7-8-12;1-15(2,3)23-13(21)20(14(22)24-16(4,5)6)9-10-7-11(17)8-19-12(10)18;5-4(6)3-1-2-3;/h9-10,12H,7-8,11H2,1-6H3;7-8H,9H2,1-6H3;3,5-6H,1-2H2;1H4. The summed E-state index contributed by atoms with van der Waals surface area (Å²) in [7, 11) is -1.04. The molecule has 14 nitrogen and oxygen atoms in total. The van der Waals surface area contributed by atoms with E-state index < -0.39 is 53.9 Å². The molecule has 2 heterocycles. The first-order valence-corrected chi connectivity index (χ1v) is 19.4. The van der Waals surface area contributed by atoms with Crippen molar-refractivity contribution in [3.63, 3.8) is 0 Å². The van der Waals surface area contributed by atoms with E-state index in [4.69, 9.17) is 63.8 Å². The maximum absolute atomic E-state index is 12.6. The lowest BCUT2D eigenvalue weighted by atomic mass is 9.84. The van der Waals surface area contributed by atoms with Crippen molar-refractivity contribution in [1.29, 1.82) is 0 Å². The van der Waals surface area contributed by atoms with Gasteiger partial charge in [0.15, 0.2) is 0 Å². The minimum absolute atomic E-state index is 0. The summed E-state index contributed by atoms with van der Waals surface area (Å²) in [5.74, 6) is 0.561. The Balaban J connectivity index is 0.000000489. The lowest BCUT2D eigenvalue weighted by Crippen LogP contribution is -2.43. The van der Waals surface area contributed by atoms with E-state index in [9.17, 15) is 19.2 Å². The highest BCUT2D eigenvalue weighted by Crippen LogP contribution is 2.41. The smallest absolute Gasteiger partial charge is 0.443 e. The Kier molecular flexibility index (Phi) is 19.1. The molecule has 57 heavy (non-hydrogen) atoms. The number of hydrogen-bond donors (Lipinski definition) is 2. The van der Waals surface area contributed by atoms with Crippen molar-refractivity contribution in [3.05, 3.63) is 56.5 Å². The van der Waals surface area contributed by atoms with E-state index in [0.29, 0.717) is 21.5 Å². The number of aromatic nitrogens is 2. The Bertz CT molecular complexity index is 1620. The molecule has 0 atom stereocenters. The SMILES string of the molecule is C.CC(C)(C)OC(=O)N(Cc1cc(Cl)cnc1C1CC1)C(=O)OC(C)(C)C.CC(C)(C)OC(=O)N(Cc1cc(Cl)cnc1Cl)C(=O)OC(C)(C)C.OB(O)C1CC1. The molecule has 2 fully saturated rings. The first-order chi connectivity index (χ1) is 25.4. The summed E-state index contributed by atoms with van der Waals surface area (Å²) in [4.78, 5) is 60.1. The van der Waals surface area contributed by atoms with E-state index in [1.807, 2.05) is 0 Å². The predicted molar refractivity (Wildman–Crippen MR) is 221 cm³/mol. The van der Waals surface area contributed by atoms with Crippen LogP contribution in [0.1, 0.15) is 139 Å². The topological polar surface area (TPSA) is 178 Å². The molecule has 2 aromatic rings. The fourth-order valence-electron chi connectivity index (χ4n) is 4.33. The van der Waals surface area contributed by atoms with Gasteiger partial charge >= 0.3 is 31.5 Å². The van der Waals surface area contributed by atoms with E-state index in [-0.39, 0.29) is 31.5 Å². The molecule has 2 aliphatic rings. The van der Waals surface area contributed by atoms with E-state index in [0.717, 1.165) is 46.7 Å². The average Bonchev–Trinajstić information content (AvgIpc) is 3.91. The Morgan fingerprint density at radius 2 is 0.965 bits per heavy atom. The third-order valence-corrected chi connectivity index (χ3v) is 7.72. The van der Waals surface area contributed by atoms with Gasteiger partial charge < -0.3 is 29.0 Å². The van der Waals surface area contributed by atoms with Crippen LogP contribution in [-0.4, -0.2) is 83.7 Å². The van der Waals surface area contributed by atoms with Crippen molar-refractivity contribution in [1.82, 2.24) is 19.8 Å². The predicted octanol–water partition coefficient (Wildman–Crippen LogP) is 10.6. The first-order valence-electron chi connectivity index (χ1n) is 18.2. The summed E-state index contributed by atoms with van der Waals surface area (Å²) < 4.78 is 21.3. The first kappa shape index (κ1) is 51.7. The van der Waals surface area contributed by atoms with E-state index >= 15 is 0 Å². The molecule has 0 aromatic carbocycles. The van der Waals surface area contributed by atoms with Crippen molar-refractivity contribution >= 4 is 66.3 Å². The summed E-state index contributed by atoms with van der Waals surface area (Å²) in [6.45, 7) is 20.5. The van der Waals surface area contributed by atoms with Crippen molar-refractivity contribution in [2.45, 2.75) is 163 Å². The molecule has 4 amide bonds. The van der Waals surface area contributed by atoms with Crippen LogP contribution in [0.25, 0.3) is 0 Å². The molecule has 2 saturated carbocycles. The van der Waals surface area contributed by atoms with Crippen LogP contribution in [0.3, 0.4) is 0 Å². The van der Waals surface area contributed by atoms with E-state index in [1.54, 1.807) is 95.3 Å². The van der Waals surface area contributed by atoms with Crippen LogP contribution in [-0.2, 0) is 32.0 Å². The molecule has 18 heteroatoms. The van der Waals surface area contributed by atoms with Crippen LogP contribution in [0.2, 0.25) is 21.0 Å². The Labute approximate surface area is 353 Å². The van der Waals surface area contributed by atoms with Crippen LogP contribution in [0.5, 0.6) is 0 Å². The van der Waals surface area contributed by atoms with Gasteiger partial charge in [0.1, 0.15) is 27.6 Å². The number of halogens is 3. The molecule has 0 spiro atoms. The fraction of sp³-hybridized carbons (Fsp3) is 0.641. The molecule has 4 rings (SSSR count). The third-order valence-electron chi connectivity index (χ3n) is 6.97. The van der Waals surface area contributed by atoms with Gasteiger partial charge in [-0.15, -0.1) is 0 Å². The number of nitrogens with zero attached hydrogens (tertiary/aromatic N) is 4. The Morgan fingerprint density at radius 3 is 1.26 bits per heavy atom. The van der Waals surface area contributed by atoms with Gasteiger partial charge in [-0.05, 0) is 119 Å². The van der Waals surface area contributed by atoms with Crippen LogP contribution >= 0.6 is 34.8 Å². The second-order valence-electron chi connectivity index (χ2n) is 17.4. The summed E-state index contributed by atoms with van der Waals surface area (Å²) in [5.41, 5.74) is -1.00. The van der Waals surface area contributed by atoms with Crippen molar-refractivity contribution in [3.8, 4) is 0 Å². The molecule has 2 aromatic heterocycles. The Morgan fingerprint density at radius 1 is 0.632 bits per heavy atom. The molecule has 2 aliphatic carbocycles. The van der Waals surface area contributed by atoms with Gasteiger partial charge in [-0.2, -0.15) is 0 Å². The summed E-state index contributed by atoms with van der Waals surface area (Å²) in [6.07, 6.45) is 3.85.